The number of nitrogens with one attached hydrogen (secondary N) is 1. The molecule has 0 bridgehead atoms. The van der Waals surface area contributed by atoms with E-state index in [4.69, 9.17) is 9.47 Å². The van der Waals surface area contributed by atoms with Crippen molar-refractivity contribution in [3.63, 3.8) is 0 Å². The van der Waals surface area contributed by atoms with Crippen molar-refractivity contribution in [2.75, 3.05) is 44.8 Å². The first-order valence-corrected chi connectivity index (χ1v) is 8.26. The van der Waals surface area contributed by atoms with E-state index in [1.165, 1.54) is 24.3 Å². The van der Waals surface area contributed by atoms with Gasteiger partial charge in [0.2, 0.25) is 0 Å². The molecule has 0 radical (unpaired) electrons. The average Bonchev–Trinajstić information content (AvgIpc) is 2.98. The topological polar surface area (TPSA) is 154 Å². The Morgan fingerprint density at radius 2 is 1.57 bits per heavy atom. The van der Waals surface area contributed by atoms with Crippen molar-refractivity contribution in [3.8, 4) is 0 Å². The van der Waals surface area contributed by atoms with Gasteiger partial charge < -0.3 is 14.8 Å². The van der Waals surface area contributed by atoms with Gasteiger partial charge in [-0.2, -0.15) is 0 Å². The molecule has 1 aliphatic heterocycles. The van der Waals surface area contributed by atoms with E-state index in [0.29, 0.717) is 0 Å². The number of benzene rings is 1. The number of hydrogen-bond donors (Lipinski definition) is 1. The number of nitro groups is 2. The molecule has 0 spiro atoms. The molecule has 28 heavy (non-hydrogen) atoms. The predicted octanol–water partition coefficient (Wildman–Crippen LogP) is 0.873. The van der Waals surface area contributed by atoms with Gasteiger partial charge in [-0.15, -0.1) is 0 Å². The lowest BCUT2D eigenvalue weighted by molar-refractivity contribution is -0.393. The summed E-state index contributed by atoms with van der Waals surface area (Å²) in [5.74, 6) is -0.729. The number of amides is 2. The largest absolute Gasteiger partial charge is 0.377 e. The van der Waals surface area contributed by atoms with Crippen LogP contribution in [0.15, 0.2) is 30.4 Å². The van der Waals surface area contributed by atoms with Crippen molar-refractivity contribution in [3.05, 3.63) is 50.6 Å². The number of carbonyl (C=O) groups excluding carboxylic acids is 2. The summed E-state index contributed by atoms with van der Waals surface area (Å²) in [5, 5.41) is 24.5. The highest BCUT2D eigenvalue weighted by atomic mass is 16.6. The first-order chi connectivity index (χ1) is 13.4. The Bertz CT molecular complexity index is 777. The van der Waals surface area contributed by atoms with Crippen LogP contribution in [0.25, 0.3) is 0 Å². The first-order valence-electron chi connectivity index (χ1n) is 8.26. The molecule has 0 atom stereocenters. The van der Waals surface area contributed by atoms with E-state index < -0.39 is 15.5 Å². The normalized spacial score (nSPS) is 13.2. The number of rotatable bonds is 12. The molecule has 1 aromatic rings. The number of nitro benzene ring substituents is 2. The highest BCUT2D eigenvalue weighted by Gasteiger charge is 2.22. The summed E-state index contributed by atoms with van der Waals surface area (Å²) in [6.07, 6.45) is 2.40. The third-order valence-electron chi connectivity index (χ3n) is 3.68. The molecular formula is C16H18N4O8. The Labute approximate surface area is 159 Å². The molecule has 12 heteroatoms. The number of non-ortho nitro benzene ring substituents is 1. The molecule has 1 aliphatic rings. The van der Waals surface area contributed by atoms with Gasteiger partial charge in [0.15, 0.2) is 0 Å². The minimum atomic E-state index is -0.702. The van der Waals surface area contributed by atoms with Crippen LogP contribution in [0, 0.1) is 20.2 Å². The van der Waals surface area contributed by atoms with Crippen LogP contribution >= 0.6 is 0 Å². The average molecular weight is 394 g/mol. The van der Waals surface area contributed by atoms with Gasteiger partial charge in [0.1, 0.15) is 5.69 Å². The van der Waals surface area contributed by atoms with Crippen LogP contribution in [-0.2, 0) is 19.1 Å². The molecule has 2 rings (SSSR count). The number of ether oxygens (including phenoxy) is 2. The van der Waals surface area contributed by atoms with Crippen LogP contribution in [0.1, 0.15) is 0 Å². The number of hydrogen-bond acceptors (Lipinski definition) is 9. The fraction of sp³-hybridized carbons (Fsp3) is 0.375. The van der Waals surface area contributed by atoms with Crippen LogP contribution in [0.2, 0.25) is 0 Å². The summed E-state index contributed by atoms with van der Waals surface area (Å²) in [7, 11) is 0. The van der Waals surface area contributed by atoms with Crippen molar-refractivity contribution in [2.45, 2.75) is 0 Å². The Kier molecular flexibility index (Phi) is 7.54. The number of carbonyl (C=O) groups is 2. The second-order valence-corrected chi connectivity index (χ2v) is 5.53. The van der Waals surface area contributed by atoms with Crippen LogP contribution in [-0.4, -0.2) is 66.1 Å². The van der Waals surface area contributed by atoms with Crippen molar-refractivity contribution in [1.29, 1.82) is 0 Å². The summed E-state index contributed by atoms with van der Waals surface area (Å²) in [4.78, 5) is 44.0. The van der Waals surface area contributed by atoms with Crippen LogP contribution in [0.4, 0.5) is 17.1 Å². The fourth-order valence-electron chi connectivity index (χ4n) is 2.32. The lowest BCUT2D eigenvalue weighted by atomic mass is 10.2. The Hall–Kier alpha value is -3.38. The fourth-order valence-corrected chi connectivity index (χ4v) is 2.32. The lowest BCUT2D eigenvalue weighted by Crippen LogP contribution is -2.33. The van der Waals surface area contributed by atoms with Crippen molar-refractivity contribution in [1.82, 2.24) is 4.90 Å². The van der Waals surface area contributed by atoms with Gasteiger partial charge in [-0.25, -0.2) is 0 Å². The molecule has 0 saturated carbocycles. The second-order valence-electron chi connectivity index (χ2n) is 5.53. The maximum Gasteiger partial charge on any atom is 0.299 e. The number of anilines is 1. The minimum Gasteiger partial charge on any atom is -0.377 e. The van der Waals surface area contributed by atoms with E-state index in [0.717, 1.165) is 11.0 Å². The molecule has 150 valence electrons. The van der Waals surface area contributed by atoms with Gasteiger partial charge in [0, 0.05) is 24.8 Å². The highest BCUT2D eigenvalue weighted by Crippen LogP contribution is 2.28. The number of imide groups is 1. The van der Waals surface area contributed by atoms with Crippen LogP contribution < -0.4 is 5.32 Å². The third kappa shape index (κ3) is 5.82. The highest BCUT2D eigenvalue weighted by molar-refractivity contribution is 6.12. The molecule has 0 unspecified atom stereocenters. The van der Waals surface area contributed by atoms with E-state index >= 15 is 0 Å². The van der Waals surface area contributed by atoms with E-state index in [1.54, 1.807) is 0 Å². The van der Waals surface area contributed by atoms with Gasteiger partial charge in [-0.3, -0.25) is 34.7 Å². The summed E-state index contributed by atoms with van der Waals surface area (Å²) < 4.78 is 10.6. The first kappa shape index (κ1) is 20.9. The zero-order valence-corrected chi connectivity index (χ0v) is 14.7. The monoisotopic (exact) mass is 394 g/mol. The SMILES string of the molecule is O=C1C=CC(=O)N1CCOCCOCCNc1ccc([N+](=O)[O-])cc1[N+](=O)[O-]. The van der Waals surface area contributed by atoms with E-state index in [-0.39, 0.29) is 62.7 Å². The summed E-state index contributed by atoms with van der Waals surface area (Å²) in [5.41, 5.74) is -0.596. The van der Waals surface area contributed by atoms with E-state index in [9.17, 15) is 29.8 Å². The summed E-state index contributed by atoms with van der Waals surface area (Å²) in [6.45, 7) is 1.34. The van der Waals surface area contributed by atoms with Crippen molar-refractivity contribution < 1.29 is 28.9 Å². The smallest absolute Gasteiger partial charge is 0.299 e. The van der Waals surface area contributed by atoms with Gasteiger partial charge >= 0.3 is 0 Å². The van der Waals surface area contributed by atoms with Gasteiger partial charge in [0.05, 0.1) is 48.9 Å². The third-order valence-corrected chi connectivity index (χ3v) is 3.68. The molecular weight excluding hydrogens is 376 g/mol. The lowest BCUT2D eigenvalue weighted by Gasteiger charge is -2.13. The molecule has 0 saturated heterocycles. The minimum absolute atomic E-state index is 0.156. The van der Waals surface area contributed by atoms with Crippen LogP contribution in [0.3, 0.4) is 0 Å². The van der Waals surface area contributed by atoms with Gasteiger partial charge in [-0.1, -0.05) is 0 Å². The standard InChI is InChI=1S/C16H18N4O8/c21-15-3-4-16(22)18(15)6-8-28-10-9-27-7-5-17-13-2-1-12(19(23)24)11-14(13)20(25)26/h1-4,11,17H,5-10H2. The van der Waals surface area contributed by atoms with E-state index in [1.807, 2.05) is 0 Å². The maximum absolute atomic E-state index is 11.3. The second kappa shape index (κ2) is 10.1. The maximum atomic E-state index is 11.3. The zero-order chi connectivity index (χ0) is 20.5. The summed E-state index contributed by atoms with van der Waals surface area (Å²) in [6, 6.07) is 3.34. The molecule has 1 aromatic carbocycles. The Morgan fingerprint density at radius 1 is 0.929 bits per heavy atom. The molecule has 12 nitrogen and oxygen atoms in total. The van der Waals surface area contributed by atoms with E-state index in [2.05, 4.69) is 5.32 Å². The van der Waals surface area contributed by atoms with Crippen LogP contribution in [0.5, 0.6) is 0 Å². The molecule has 1 heterocycles. The molecule has 2 amide bonds. The number of nitrogens with zero attached hydrogens (tertiary/aromatic N) is 3. The van der Waals surface area contributed by atoms with Gasteiger partial charge in [0.25, 0.3) is 23.2 Å². The molecule has 1 N–H and O–H groups in total. The summed E-state index contributed by atoms with van der Waals surface area (Å²) >= 11 is 0. The van der Waals surface area contributed by atoms with Crippen molar-refractivity contribution >= 4 is 28.9 Å². The molecule has 0 fully saturated rings. The molecule has 0 aliphatic carbocycles. The Morgan fingerprint density at radius 3 is 2.18 bits per heavy atom. The van der Waals surface area contributed by atoms with Crippen molar-refractivity contribution in [2.24, 2.45) is 0 Å². The Balaban J connectivity index is 1.60. The van der Waals surface area contributed by atoms with Gasteiger partial charge in [-0.05, 0) is 6.07 Å². The quantitative estimate of drug-likeness (QED) is 0.235. The zero-order valence-electron chi connectivity index (χ0n) is 14.7. The predicted molar refractivity (Wildman–Crippen MR) is 95.7 cm³/mol. The molecule has 0 aromatic heterocycles.